The van der Waals surface area contributed by atoms with Crippen LogP contribution < -0.4 is 5.32 Å². The maximum atomic E-state index is 9.69. The van der Waals surface area contributed by atoms with Crippen LogP contribution in [0.3, 0.4) is 0 Å². The number of nitrogens with one attached hydrogen (secondary N) is 1. The Morgan fingerprint density at radius 2 is 2.19 bits per heavy atom. The van der Waals surface area contributed by atoms with Crippen molar-refractivity contribution < 1.29 is 5.11 Å². The Morgan fingerprint density at radius 1 is 1.50 bits per heavy atom. The summed E-state index contributed by atoms with van der Waals surface area (Å²) in [5.74, 6) is 0.551. The second kappa shape index (κ2) is 6.74. The van der Waals surface area contributed by atoms with E-state index >= 15 is 0 Å². The fourth-order valence-corrected chi connectivity index (χ4v) is 3.20. The van der Waals surface area contributed by atoms with Gasteiger partial charge in [-0.15, -0.1) is 11.3 Å². The van der Waals surface area contributed by atoms with Gasteiger partial charge in [-0.1, -0.05) is 13.8 Å². The molecule has 16 heavy (non-hydrogen) atoms. The second-order valence-corrected chi connectivity index (χ2v) is 7.04. The van der Waals surface area contributed by atoms with E-state index in [0.717, 1.165) is 13.0 Å². The summed E-state index contributed by atoms with van der Waals surface area (Å²) in [7, 11) is 0. The molecule has 0 spiro atoms. The van der Waals surface area contributed by atoms with Crippen molar-refractivity contribution in [2.75, 3.05) is 6.54 Å². The number of rotatable bonds is 6. The van der Waals surface area contributed by atoms with Crippen LogP contribution >= 0.6 is 27.3 Å². The summed E-state index contributed by atoms with van der Waals surface area (Å²) in [5, 5.41) is 13.0. The lowest BCUT2D eigenvalue weighted by atomic mass is 10.1. The molecule has 0 amide bonds. The van der Waals surface area contributed by atoms with Crippen LogP contribution in [0.15, 0.2) is 9.85 Å². The highest BCUT2D eigenvalue weighted by molar-refractivity contribution is 9.11. The minimum Gasteiger partial charge on any atom is -0.392 e. The summed E-state index contributed by atoms with van der Waals surface area (Å²) in [5.41, 5.74) is 1.28. The Morgan fingerprint density at radius 3 is 2.69 bits per heavy atom. The predicted molar refractivity (Wildman–Crippen MR) is 73.9 cm³/mol. The number of halogens is 1. The van der Waals surface area contributed by atoms with Crippen LogP contribution in [0.4, 0.5) is 0 Å². The topological polar surface area (TPSA) is 32.3 Å². The van der Waals surface area contributed by atoms with Gasteiger partial charge in [0.05, 0.1) is 9.89 Å². The smallest absolute Gasteiger partial charge is 0.0730 e. The highest BCUT2D eigenvalue weighted by atomic mass is 79.9. The normalized spacial score (nSPS) is 13.4. The van der Waals surface area contributed by atoms with Crippen LogP contribution in [0.2, 0.25) is 0 Å². The monoisotopic (exact) mass is 305 g/mol. The quantitative estimate of drug-likeness (QED) is 0.845. The molecule has 1 unspecified atom stereocenters. The van der Waals surface area contributed by atoms with Crippen molar-refractivity contribution in [2.45, 2.75) is 39.8 Å². The van der Waals surface area contributed by atoms with Crippen LogP contribution in [0.5, 0.6) is 0 Å². The van der Waals surface area contributed by atoms with Gasteiger partial charge in [-0.05, 0) is 46.8 Å². The fourth-order valence-electron chi connectivity index (χ4n) is 1.60. The number of hydrogen-bond acceptors (Lipinski definition) is 3. The zero-order valence-corrected chi connectivity index (χ0v) is 12.5. The first-order valence-electron chi connectivity index (χ1n) is 5.62. The van der Waals surface area contributed by atoms with Gasteiger partial charge in [0.1, 0.15) is 0 Å². The van der Waals surface area contributed by atoms with E-state index in [4.69, 9.17) is 0 Å². The van der Waals surface area contributed by atoms with E-state index in [0.29, 0.717) is 12.5 Å². The largest absolute Gasteiger partial charge is 0.392 e. The average Bonchev–Trinajstić information content (AvgIpc) is 2.44. The lowest BCUT2D eigenvalue weighted by molar-refractivity contribution is 0.146. The highest BCUT2D eigenvalue weighted by Crippen LogP contribution is 2.27. The first-order valence-corrected chi connectivity index (χ1v) is 7.23. The maximum Gasteiger partial charge on any atom is 0.0730 e. The third-order valence-electron chi connectivity index (χ3n) is 2.33. The fraction of sp³-hybridized carbons (Fsp3) is 0.667. The van der Waals surface area contributed by atoms with Crippen LogP contribution in [-0.4, -0.2) is 17.8 Å². The Bertz CT molecular complexity index is 305. The van der Waals surface area contributed by atoms with Crippen LogP contribution in [0, 0.1) is 12.8 Å². The summed E-state index contributed by atoms with van der Waals surface area (Å²) < 4.78 is 1.20. The third-order valence-corrected chi connectivity index (χ3v) is 4.47. The molecule has 1 heterocycles. The van der Waals surface area contributed by atoms with E-state index in [1.807, 2.05) is 0 Å². The third kappa shape index (κ3) is 4.95. The van der Waals surface area contributed by atoms with Crippen molar-refractivity contribution in [1.29, 1.82) is 0 Å². The molecular formula is C12H20BrNOS. The van der Waals surface area contributed by atoms with Gasteiger partial charge in [0, 0.05) is 18.0 Å². The highest BCUT2D eigenvalue weighted by Gasteiger charge is 2.07. The molecule has 0 fully saturated rings. The Labute approximate surface area is 110 Å². The zero-order valence-electron chi connectivity index (χ0n) is 10.1. The van der Waals surface area contributed by atoms with Crippen molar-refractivity contribution in [1.82, 2.24) is 5.32 Å². The molecule has 1 atom stereocenters. The molecule has 0 aliphatic heterocycles. The van der Waals surface area contributed by atoms with Gasteiger partial charge in [0.25, 0.3) is 0 Å². The van der Waals surface area contributed by atoms with E-state index in [1.54, 1.807) is 11.3 Å². The Kier molecular flexibility index (Phi) is 5.97. The molecule has 92 valence electrons. The molecule has 0 bridgehead atoms. The molecule has 0 aliphatic carbocycles. The zero-order chi connectivity index (χ0) is 12.1. The summed E-state index contributed by atoms with van der Waals surface area (Å²) in [4.78, 5) is 1.31. The van der Waals surface area contributed by atoms with Crippen molar-refractivity contribution in [3.05, 3.63) is 20.3 Å². The van der Waals surface area contributed by atoms with Gasteiger partial charge in [0.2, 0.25) is 0 Å². The molecule has 2 N–H and O–H groups in total. The number of thiophene rings is 1. The first kappa shape index (κ1) is 14.2. The summed E-state index contributed by atoms with van der Waals surface area (Å²) in [6.07, 6.45) is 0.629. The maximum absolute atomic E-state index is 9.69. The summed E-state index contributed by atoms with van der Waals surface area (Å²) >= 11 is 5.26. The molecule has 0 aliphatic rings. The molecule has 0 aromatic carbocycles. The minimum absolute atomic E-state index is 0.232. The van der Waals surface area contributed by atoms with Crippen LogP contribution in [-0.2, 0) is 6.54 Å². The van der Waals surface area contributed by atoms with E-state index < -0.39 is 0 Å². The summed E-state index contributed by atoms with van der Waals surface area (Å²) in [6, 6.07) is 2.18. The second-order valence-electron chi connectivity index (χ2n) is 4.58. The van der Waals surface area contributed by atoms with Gasteiger partial charge in [0.15, 0.2) is 0 Å². The molecule has 0 saturated carbocycles. The molecule has 1 aromatic heterocycles. The Hall–Kier alpha value is 0.100. The van der Waals surface area contributed by atoms with Crippen LogP contribution in [0.25, 0.3) is 0 Å². The number of aryl methyl sites for hydroxylation is 1. The van der Waals surface area contributed by atoms with E-state index in [2.05, 4.69) is 48.1 Å². The molecule has 2 nitrogen and oxygen atoms in total. The van der Waals surface area contributed by atoms with Crippen molar-refractivity contribution in [3.63, 3.8) is 0 Å². The van der Waals surface area contributed by atoms with E-state index in [9.17, 15) is 5.11 Å². The Balaban J connectivity index is 2.25. The number of hydrogen-bond donors (Lipinski definition) is 2. The van der Waals surface area contributed by atoms with Crippen LogP contribution in [0.1, 0.15) is 30.7 Å². The molecule has 4 heteroatoms. The molecule has 1 rings (SSSR count). The molecular weight excluding hydrogens is 286 g/mol. The average molecular weight is 306 g/mol. The van der Waals surface area contributed by atoms with Gasteiger partial charge in [-0.3, -0.25) is 0 Å². The van der Waals surface area contributed by atoms with Gasteiger partial charge < -0.3 is 10.4 Å². The van der Waals surface area contributed by atoms with Crippen molar-refractivity contribution in [2.24, 2.45) is 5.92 Å². The van der Waals surface area contributed by atoms with Gasteiger partial charge in [-0.2, -0.15) is 0 Å². The summed E-state index contributed by atoms with van der Waals surface area (Å²) in [6.45, 7) is 7.86. The first-order chi connectivity index (χ1) is 7.49. The van der Waals surface area contributed by atoms with E-state index in [-0.39, 0.29) is 6.10 Å². The van der Waals surface area contributed by atoms with Crippen molar-refractivity contribution >= 4 is 27.3 Å². The van der Waals surface area contributed by atoms with E-state index in [1.165, 1.54) is 14.2 Å². The molecule has 0 radical (unpaired) electrons. The number of aliphatic hydroxyl groups is 1. The SMILES string of the molecule is Cc1cc(CNCC(O)CC(C)C)sc1Br. The minimum atomic E-state index is -0.232. The number of aliphatic hydroxyl groups excluding tert-OH is 1. The predicted octanol–water partition coefficient (Wildman–Crippen LogP) is 3.32. The molecule has 1 aromatic rings. The van der Waals surface area contributed by atoms with Gasteiger partial charge in [-0.25, -0.2) is 0 Å². The lowest BCUT2D eigenvalue weighted by Gasteiger charge is -2.13. The molecule has 0 saturated heterocycles. The lowest BCUT2D eigenvalue weighted by Crippen LogP contribution is -2.27. The van der Waals surface area contributed by atoms with Gasteiger partial charge >= 0.3 is 0 Å². The van der Waals surface area contributed by atoms with Crippen molar-refractivity contribution in [3.8, 4) is 0 Å². The standard InChI is InChI=1S/C12H20BrNOS/c1-8(2)4-10(15)6-14-7-11-5-9(3)12(13)16-11/h5,8,10,14-15H,4,6-7H2,1-3H3.